The smallest absolute Gasteiger partial charge is 0.320 e. The summed E-state index contributed by atoms with van der Waals surface area (Å²) in [6.07, 6.45) is 0. The molecule has 0 aromatic heterocycles. The first-order valence-corrected chi connectivity index (χ1v) is 2.69. The third kappa shape index (κ3) is 1.19. The fourth-order valence-corrected chi connectivity index (χ4v) is 0.556. The molecule has 3 N–H and O–H groups in total. The van der Waals surface area contributed by atoms with Crippen molar-refractivity contribution in [3.05, 3.63) is 6.54 Å². The Morgan fingerprint density at radius 3 is 2.89 bits per heavy atom. The van der Waals surface area contributed by atoms with Crippen molar-refractivity contribution in [3.63, 3.8) is 0 Å². The number of rotatable bonds is 0. The predicted octanol–water partition coefficient (Wildman–Crippen LogP) is 0.0744. The third-order valence-electron chi connectivity index (χ3n) is 1.17. The van der Waals surface area contributed by atoms with Gasteiger partial charge in [0.15, 0.2) is 0 Å². The second kappa shape index (κ2) is 2.05. The van der Waals surface area contributed by atoms with Crippen LogP contribution in [-0.2, 0) is 0 Å². The van der Waals surface area contributed by atoms with E-state index in [1.54, 1.807) is 6.54 Å². The fourth-order valence-electron chi connectivity index (χ4n) is 0.556. The fraction of sp³-hybridized carbons (Fsp3) is 0.400. The Morgan fingerprint density at radius 2 is 2.44 bits per heavy atom. The van der Waals surface area contributed by atoms with E-state index in [9.17, 15) is 4.79 Å². The molecule has 1 rings (SSSR count). The molecule has 0 aromatic rings. The van der Waals surface area contributed by atoms with Gasteiger partial charge in [0.25, 0.3) is 0 Å². The van der Waals surface area contributed by atoms with Gasteiger partial charge < -0.3 is 5.32 Å². The van der Waals surface area contributed by atoms with Crippen molar-refractivity contribution in [1.82, 2.24) is 10.6 Å². The minimum atomic E-state index is -0.321. The number of nitrogens with one attached hydrogen (secondary N) is 3. The van der Waals surface area contributed by atoms with E-state index >= 15 is 0 Å². The zero-order valence-corrected chi connectivity index (χ0v) is 5.06. The lowest BCUT2D eigenvalue weighted by atomic mass is 10.1. The number of amides is 2. The highest BCUT2D eigenvalue weighted by Gasteiger charge is 2.18. The Balaban J connectivity index is 2.54. The van der Waals surface area contributed by atoms with E-state index in [2.05, 4.69) is 10.6 Å². The number of hydrogen-bond donors (Lipinski definition) is 3. The van der Waals surface area contributed by atoms with Gasteiger partial charge in [-0.15, -0.1) is 0 Å². The van der Waals surface area contributed by atoms with Gasteiger partial charge in [-0.25, -0.2) is 4.79 Å². The molecular formula is C5H8N3O. The van der Waals surface area contributed by atoms with Crippen molar-refractivity contribution in [2.24, 2.45) is 5.92 Å². The highest BCUT2D eigenvalue weighted by atomic mass is 16.2. The summed E-state index contributed by atoms with van der Waals surface area (Å²) in [6, 6.07) is -0.321. The molecule has 4 heteroatoms. The minimum absolute atomic E-state index is 0.00250. The summed E-state index contributed by atoms with van der Waals surface area (Å²) in [5, 5.41) is 11.9. The molecule has 1 atom stereocenters. The Kier molecular flexibility index (Phi) is 1.38. The first-order valence-electron chi connectivity index (χ1n) is 2.69. The summed E-state index contributed by atoms with van der Waals surface area (Å²) >= 11 is 0. The molecule has 1 aliphatic rings. The van der Waals surface area contributed by atoms with Gasteiger partial charge in [0.05, 0.1) is 6.54 Å². The van der Waals surface area contributed by atoms with E-state index in [0.717, 1.165) is 0 Å². The molecule has 9 heavy (non-hydrogen) atoms. The summed E-state index contributed by atoms with van der Waals surface area (Å²) in [5.41, 5.74) is 0. The lowest BCUT2D eigenvalue weighted by Gasteiger charge is -2.19. The molecule has 0 aliphatic carbocycles. The van der Waals surface area contributed by atoms with Gasteiger partial charge >= 0.3 is 6.03 Å². The average molecular weight is 126 g/mol. The van der Waals surface area contributed by atoms with Crippen LogP contribution in [0.25, 0.3) is 0 Å². The molecule has 2 amide bonds. The number of amidine groups is 1. The van der Waals surface area contributed by atoms with Crippen molar-refractivity contribution in [1.29, 1.82) is 5.41 Å². The lowest BCUT2D eigenvalue weighted by molar-refractivity contribution is 0.244. The normalized spacial score (nSPS) is 27.0. The molecule has 0 spiro atoms. The number of urea groups is 1. The zero-order chi connectivity index (χ0) is 6.85. The molecule has 49 valence electrons. The molecular weight excluding hydrogens is 118 g/mol. The predicted molar refractivity (Wildman–Crippen MR) is 32.9 cm³/mol. The summed E-state index contributed by atoms with van der Waals surface area (Å²) < 4.78 is 0. The van der Waals surface area contributed by atoms with Crippen LogP contribution in [0.3, 0.4) is 0 Å². The van der Waals surface area contributed by atoms with Crippen molar-refractivity contribution < 1.29 is 4.79 Å². The van der Waals surface area contributed by atoms with Crippen LogP contribution in [0.1, 0.15) is 6.92 Å². The summed E-state index contributed by atoms with van der Waals surface area (Å²) in [4.78, 5) is 10.4. The number of hydrogen-bond acceptors (Lipinski definition) is 2. The standard InChI is InChI=1S/C5H8N3O/c1-3-2-7-5(9)8-4(3)6/h2-3H,1H3,(H3,6,7,8,9). The molecule has 1 radical (unpaired) electrons. The van der Waals surface area contributed by atoms with Crippen LogP contribution in [0.4, 0.5) is 4.79 Å². The molecule has 4 nitrogen and oxygen atoms in total. The highest BCUT2D eigenvalue weighted by Crippen LogP contribution is 2.00. The molecule has 1 fully saturated rings. The van der Waals surface area contributed by atoms with Gasteiger partial charge in [-0.1, -0.05) is 6.92 Å². The molecule has 1 heterocycles. The van der Waals surface area contributed by atoms with Crippen LogP contribution in [0.5, 0.6) is 0 Å². The highest BCUT2D eigenvalue weighted by molar-refractivity contribution is 6.00. The van der Waals surface area contributed by atoms with Gasteiger partial charge in [-0.05, 0) is 0 Å². The lowest BCUT2D eigenvalue weighted by Crippen LogP contribution is -2.48. The van der Waals surface area contributed by atoms with Crippen LogP contribution < -0.4 is 10.6 Å². The number of carbonyl (C=O) groups is 1. The van der Waals surface area contributed by atoms with E-state index in [1.165, 1.54) is 0 Å². The molecule has 0 saturated carbocycles. The Hall–Kier alpha value is -1.06. The molecule has 1 aliphatic heterocycles. The second-order valence-corrected chi connectivity index (χ2v) is 1.97. The number of carbonyl (C=O) groups excluding carboxylic acids is 1. The van der Waals surface area contributed by atoms with Crippen LogP contribution in [0, 0.1) is 17.9 Å². The van der Waals surface area contributed by atoms with Gasteiger partial charge in [0, 0.05) is 5.92 Å². The Morgan fingerprint density at radius 1 is 1.78 bits per heavy atom. The second-order valence-electron chi connectivity index (χ2n) is 1.97. The molecule has 0 aromatic carbocycles. The average Bonchev–Trinajstić information content (AvgIpc) is 1.80. The Labute approximate surface area is 53.1 Å². The Bertz CT molecular complexity index is 154. The van der Waals surface area contributed by atoms with Gasteiger partial charge in [-0.2, -0.15) is 0 Å². The first kappa shape index (κ1) is 6.07. The maximum Gasteiger partial charge on any atom is 0.320 e. The molecule has 0 bridgehead atoms. The van der Waals surface area contributed by atoms with Crippen molar-refractivity contribution in [2.45, 2.75) is 6.92 Å². The first-order chi connectivity index (χ1) is 4.20. The van der Waals surface area contributed by atoms with Crippen LogP contribution in [0.15, 0.2) is 0 Å². The minimum Gasteiger partial charge on any atom is -0.332 e. The van der Waals surface area contributed by atoms with E-state index in [0.29, 0.717) is 0 Å². The van der Waals surface area contributed by atoms with Gasteiger partial charge in [0.1, 0.15) is 5.84 Å². The van der Waals surface area contributed by atoms with Crippen LogP contribution >= 0.6 is 0 Å². The zero-order valence-electron chi connectivity index (χ0n) is 5.06. The van der Waals surface area contributed by atoms with Crippen LogP contribution in [0.2, 0.25) is 0 Å². The largest absolute Gasteiger partial charge is 0.332 e. The monoisotopic (exact) mass is 126 g/mol. The van der Waals surface area contributed by atoms with E-state index in [-0.39, 0.29) is 17.8 Å². The third-order valence-corrected chi connectivity index (χ3v) is 1.17. The maximum atomic E-state index is 10.4. The summed E-state index contributed by atoms with van der Waals surface area (Å²) in [7, 11) is 0. The topological polar surface area (TPSA) is 65.0 Å². The van der Waals surface area contributed by atoms with Gasteiger partial charge in [0.2, 0.25) is 0 Å². The van der Waals surface area contributed by atoms with E-state index in [1.807, 2.05) is 6.92 Å². The van der Waals surface area contributed by atoms with Gasteiger partial charge in [-0.3, -0.25) is 10.7 Å². The van der Waals surface area contributed by atoms with Crippen molar-refractivity contribution >= 4 is 11.9 Å². The van der Waals surface area contributed by atoms with Crippen molar-refractivity contribution in [2.75, 3.05) is 0 Å². The maximum absolute atomic E-state index is 10.4. The summed E-state index contributed by atoms with van der Waals surface area (Å²) in [5.74, 6) is 0.251. The van der Waals surface area contributed by atoms with Crippen LogP contribution in [-0.4, -0.2) is 11.9 Å². The van der Waals surface area contributed by atoms with Crippen molar-refractivity contribution in [3.8, 4) is 0 Å². The molecule has 1 saturated heterocycles. The quantitative estimate of drug-likeness (QED) is 0.422. The molecule has 1 unspecified atom stereocenters. The SMILES string of the molecule is CC1[CH]NC(=O)NC1=N. The van der Waals surface area contributed by atoms with E-state index in [4.69, 9.17) is 5.41 Å². The van der Waals surface area contributed by atoms with E-state index < -0.39 is 0 Å². The summed E-state index contributed by atoms with van der Waals surface area (Å²) in [6.45, 7) is 3.41.